The molecule has 4 aromatic carbocycles. The summed E-state index contributed by atoms with van der Waals surface area (Å²) in [5.74, 6) is 0. The average Bonchev–Trinajstić information content (AvgIpc) is 3.18. The molecule has 4 aromatic rings. The molecule has 0 heterocycles. The van der Waals surface area contributed by atoms with E-state index in [4.69, 9.17) is 0 Å². The molecule has 0 bridgehead atoms. The number of hydrogen-bond donors (Lipinski definition) is 0. The van der Waals surface area contributed by atoms with Gasteiger partial charge in [0.25, 0.3) is 0 Å². The smallest absolute Gasteiger partial charge is 0.0771 e. The molecular formula is C20H20HfSi. The van der Waals surface area contributed by atoms with E-state index in [1.807, 2.05) is 30.3 Å². The van der Waals surface area contributed by atoms with Gasteiger partial charge in [-0.2, -0.15) is 18.2 Å². The zero-order valence-electron chi connectivity index (χ0n) is 13.1. The third kappa shape index (κ3) is 5.18. The fourth-order valence-electron chi connectivity index (χ4n) is 2.22. The zero-order chi connectivity index (χ0) is 15.8. The van der Waals surface area contributed by atoms with Crippen molar-refractivity contribution in [2.24, 2.45) is 0 Å². The number of hydrogen-bond acceptors (Lipinski definition) is 0. The van der Waals surface area contributed by atoms with E-state index >= 15 is 0 Å². The Morgan fingerprint density at radius 1 is 0.727 bits per heavy atom. The molecule has 0 saturated heterocycles. The zero-order valence-corrected chi connectivity index (χ0v) is 17.7. The molecule has 0 N–H and O–H groups in total. The molecule has 0 atom stereocenters. The van der Waals surface area contributed by atoms with E-state index in [2.05, 4.69) is 67.7 Å². The summed E-state index contributed by atoms with van der Waals surface area (Å²) < 4.78 is 0. The van der Waals surface area contributed by atoms with Gasteiger partial charge in [-0.1, -0.05) is 36.4 Å². The van der Waals surface area contributed by atoms with E-state index in [-0.39, 0.29) is 5.49 Å². The van der Waals surface area contributed by atoms with Crippen LogP contribution in [0.4, 0.5) is 0 Å². The Morgan fingerprint density at radius 2 is 1.14 bits per heavy atom. The van der Waals surface area contributed by atoms with Crippen LogP contribution in [0, 0.1) is 0 Å². The van der Waals surface area contributed by atoms with Gasteiger partial charge in [0.2, 0.25) is 0 Å². The molecule has 0 spiro atoms. The number of rotatable bonds is 0. The maximum absolute atomic E-state index is 2.33. The first kappa shape index (κ1) is 17.1. The van der Waals surface area contributed by atoms with Crippen LogP contribution in [0.1, 0.15) is 0 Å². The normalized spacial score (nSPS) is 9.64. The van der Waals surface area contributed by atoms with Gasteiger partial charge in [-0.15, -0.1) is 39.7 Å². The maximum Gasteiger partial charge on any atom is -0.0771 e. The van der Waals surface area contributed by atoms with Gasteiger partial charge in [0.1, 0.15) is 0 Å². The van der Waals surface area contributed by atoms with Crippen molar-refractivity contribution < 1.29 is 23.0 Å². The van der Waals surface area contributed by atoms with Gasteiger partial charge in [-0.3, -0.25) is 0 Å². The molecule has 108 valence electrons. The molecule has 0 radical (unpaired) electrons. The molecule has 22 heavy (non-hydrogen) atoms. The second-order valence-electron chi connectivity index (χ2n) is 5.28. The van der Waals surface area contributed by atoms with Crippen LogP contribution in [0.25, 0.3) is 21.5 Å². The van der Waals surface area contributed by atoms with Crippen molar-refractivity contribution in [3.63, 3.8) is 0 Å². The minimum atomic E-state index is 0.259. The summed E-state index contributed by atoms with van der Waals surface area (Å²) in [6.07, 6.45) is 0. The van der Waals surface area contributed by atoms with E-state index in [0.717, 1.165) is 0 Å². The molecule has 4 rings (SSSR count). The van der Waals surface area contributed by atoms with Crippen LogP contribution in [0.2, 0.25) is 13.1 Å². The van der Waals surface area contributed by atoms with Crippen LogP contribution in [0.5, 0.6) is 0 Å². The van der Waals surface area contributed by atoms with Crippen molar-refractivity contribution in [2.75, 3.05) is 0 Å². The molecule has 0 saturated carbocycles. The molecule has 2 heteroatoms. The monoisotopic (exact) mass is 468 g/mol. The fraction of sp³-hybridized carbons (Fsp3) is 0.100. The minimum absolute atomic E-state index is 0.259. The molecule has 0 aliphatic carbocycles. The van der Waals surface area contributed by atoms with Gasteiger partial charge in [0.15, 0.2) is 0 Å². The van der Waals surface area contributed by atoms with E-state index < -0.39 is 0 Å². The van der Waals surface area contributed by atoms with Gasteiger partial charge in [0.05, 0.1) is 0 Å². The van der Waals surface area contributed by atoms with Gasteiger partial charge in [-0.05, 0) is 0 Å². The summed E-state index contributed by atoms with van der Waals surface area (Å²) in [6, 6.07) is 29.3. The number of benzene rings is 2. The van der Waals surface area contributed by atoms with Gasteiger partial charge in [0, 0.05) is 0 Å². The summed E-state index contributed by atoms with van der Waals surface area (Å²) in [7, 11) is 0. The second-order valence-corrected chi connectivity index (χ2v) is 18.1. The van der Waals surface area contributed by atoms with Gasteiger partial charge < -0.3 is 0 Å². The summed E-state index contributed by atoms with van der Waals surface area (Å²) in [4.78, 5) is 0. The molecule has 0 aromatic heterocycles. The van der Waals surface area contributed by atoms with Crippen LogP contribution in [-0.4, -0.2) is 5.49 Å². The Kier molecular flexibility index (Phi) is 7.01. The Balaban J connectivity index is 0.000000163. The standard InChI is InChI=1S/C13H9.C5H5.C2H6Si.Hf/c1-3-7-12-10(5-1)9-11-6-2-4-8-13(11)12;1-2-4-5-3-1;1-3-2;/h1-9H;1-5H;1-2H3;/q2*-1;;+2. The third-order valence-electron chi connectivity index (χ3n) is 3.08. The van der Waals surface area contributed by atoms with Crippen LogP contribution < -0.4 is 0 Å². The fourth-order valence-corrected chi connectivity index (χ4v) is 2.22. The number of fused-ring (bicyclic) bond motifs is 3. The first-order valence-corrected chi connectivity index (χ1v) is 15.3. The summed E-state index contributed by atoms with van der Waals surface area (Å²) >= 11 is 1.45. The maximum atomic E-state index is 2.33. The summed E-state index contributed by atoms with van der Waals surface area (Å²) in [5, 5.41) is 5.39. The van der Waals surface area contributed by atoms with Crippen molar-refractivity contribution in [1.82, 2.24) is 0 Å². The molecule has 0 aliphatic rings. The molecule has 0 fully saturated rings. The van der Waals surface area contributed by atoms with Crippen LogP contribution >= 0.6 is 0 Å². The van der Waals surface area contributed by atoms with Crippen molar-refractivity contribution >= 4 is 27.0 Å². The Morgan fingerprint density at radius 3 is 1.50 bits per heavy atom. The Hall–Kier alpha value is -1.25. The minimum Gasteiger partial charge on any atom is -0.214 e. The predicted molar refractivity (Wildman–Crippen MR) is 96.6 cm³/mol. The molecule has 0 nitrogen and oxygen atoms in total. The van der Waals surface area contributed by atoms with Crippen molar-refractivity contribution in [3.05, 3.63) is 84.9 Å². The summed E-state index contributed by atoms with van der Waals surface area (Å²) in [6.45, 7) is 4.66. The first-order valence-electron chi connectivity index (χ1n) is 7.40. The molecule has 0 unspecified atom stereocenters. The SMILES string of the molecule is C[Si](C)=[Hf+2].c1cc[cH-]c1.c1ccc2c(c1)[cH-]c1ccccc12. The van der Waals surface area contributed by atoms with Gasteiger partial charge in [-0.25, -0.2) is 12.1 Å². The third-order valence-corrected chi connectivity index (χ3v) is 3.08. The van der Waals surface area contributed by atoms with Gasteiger partial charge >= 0.3 is 41.6 Å². The van der Waals surface area contributed by atoms with E-state index in [0.29, 0.717) is 0 Å². The molecule has 0 amide bonds. The Bertz CT molecular complexity index is 754. The van der Waals surface area contributed by atoms with E-state index in [1.54, 1.807) is 0 Å². The molecular weight excluding hydrogens is 447 g/mol. The van der Waals surface area contributed by atoms with Crippen molar-refractivity contribution in [1.29, 1.82) is 0 Å². The quantitative estimate of drug-likeness (QED) is 0.223. The van der Waals surface area contributed by atoms with Crippen molar-refractivity contribution in [3.8, 4) is 0 Å². The van der Waals surface area contributed by atoms with Crippen LogP contribution in [0.15, 0.2) is 84.9 Å². The molecule has 0 aliphatic heterocycles. The largest absolute Gasteiger partial charge is 0.214 e. The average molecular weight is 467 g/mol. The van der Waals surface area contributed by atoms with E-state index in [9.17, 15) is 0 Å². The predicted octanol–water partition coefficient (Wildman–Crippen LogP) is 5.90. The van der Waals surface area contributed by atoms with Crippen LogP contribution in [0.3, 0.4) is 0 Å². The summed E-state index contributed by atoms with van der Waals surface area (Å²) in [5.41, 5.74) is 0.259. The van der Waals surface area contributed by atoms with Crippen molar-refractivity contribution in [2.45, 2.75) is 13.1 Å². The topological polar surface area (TPSA) is 0 Å². The van der Waals surface area contributed by atoms with E-state index in [1.165, 1.54) is 44.5 Å². The second kappa shape index (κ2) is 9.01. The van der Waals surface area contributed by atoms with Crippen LogP contribution in [-0.2, 0) is 23.0 Å². The first-order chi connectivity index (χ1) is 10.7. The Labute approximate surface area is 147 Å².